The number of hydrogen-bond acceptors (Lipinski definition) is 3. The molecule has 1 N–H and O–H groups in total. The minimum Gasteiger partial charge on any atom is -0.494 e. The van der Waals surface area contributed by atoms with Crippen LogP contribution >= 0.6 is 0 Å². The van der Waals surface area contributed by atoms with Crippen molar-refractivity contribution in [2.24, 2.45) is 5.92 Å². The first kappa shape index (κ1) is 14.2. The van der Waals surface area contributed by atoms with Crippen molar-refractivity contribution < 1.29 is 4.74 Å². The summed E-state index contributed by atoms with van der Waals surface area (Å²) in [5, 5.41) is 3.23. The first-order valence-corrected chi connectivity index (χ1v) is 7.46. The molecule has 0 radical (unpaired) electrons. The van der Waals surface area contributed by atoms with Crippen molar-refractivity contribution in [2.75, 3.05) is 38.2 Å². The summed E-state index contributed by atoms with van der Waals surface area (Å²) in [6, 6.07) is 8.52. The van der Waals surface area contributed by atoms with Crippen LogP contribution in [-0.4, -0.2) is 33.3 Å². The highest BCUT2D eigenvalue weighted by Crippen LogP contribution is 2.27. The Bertz CT molecular complexity index is 364. The van der Waals surface area contributed by atoms with Crippen molar-refractivity contribution in [2.45, 2.75) is 26.2 Å². The molecule has 0 aliphatic carbocycles. The van der Waals surface area contributed by atoms with Crippen LogP contribution in [0.1, 0.15) is 26.2 Å². The third kappa shape index (κ3) is 4.13. The number of hydrogen-bond donors (Lipinski definition) is 1. The van der Waals surface area contributed by atoms with Crippen molar-refractivity contribution in [1.29, 1.82) is 0 Å². The molecule has 1 aliphatic rings. The zero-order chi connectivity index (χ0) is 13.5. The second kappa shape index (κ2) is 7.39. The molecule has 1 unspecified atom stereocenters. The SMILES string of the molecule is CCOc1ccc(N2CCC(CCCNC)C2)cc1. The minimum atomic E-state index is 0.733. The maximum absolute atomic E-state index is 5.48. The summed E-state index contributed by atoms with van der Waals surface area (Å²) in [6.07, 6.45) is 3.96. The van der Waals surface area contributed by atoms with Gasteiger partial charge in [0, 0.05) is 18.8 Å². The van der Waals surface area contributed by atoms with Crippen molar-refractivity contribution in [1.82, 2.24) is 5.32 Å². The molecular weight excluding hydrogens is 236 g/mol. The zero-order valence-corrected chi connectivity index (χ0v) is 12.2. The summed E-state index contributed by atoms with van der Waals surface area (Å²) in [6.45, 7) is 6.29. The Kier molecular flexibility index (Phi) is 5.52. The molecule has 0 aromatic heterocycles. The lowest BCUT2D eigenvalue weighted by atomic mass is 10.0. The van der Waals surface area contributed by atoms with Gasteiger partial charge in [-0.25, -0.2) is 0 Å². The molecule has 1 fully saturated rings. The molecule has 1 atom stereocenters. The quantitative estimate of drug-likeness (QED) is 0.765. The number of nitrogens with zero attached hydrogens (tertiary/aromatic N) is 1. The molecule has 1 aliphatic heterocycles. The average molecular weight is 262 g/mol. The van der Waals surface area contributed by atoms with Crippen LogP contribution in [0, 0.1) is 5.92 Å². The largest absolute Gasteiger partial charge is 0.494 e. The Hall–Kier alpha value is -1.22. The molecule has 0 amide bonds. The fraction of sp³-hybridized carbons (Fsp3) is 0.625. The first-order chi connectivity index (χ1) is 9.33. The van der Waals surface area contributed by atoms with Gasteiger partial charge in [0.05, 0.1) is 6.61 Å². The number of nitrogens with one attached hydrogen (secondary N) is 1. The van der Waals surface area contributed by atoms with Gasteiger partial charge in [-0.15, -0.1) is 0 Å². The lowest BCUT2D eigenvalue weighted by Gasteiger charge is -2.19. The molecule has 2 rings (SSSR count). The van der Waals surface area contributed by atoms with Crippen molar-refractivity contribution in [3.05, 3.63) is 24.3 Å². The second-order valence-electron chi connectivity index (χ2n) is 5.27. The lowest BCUT2D eigenvalue weighted by molar-refractivity contribution is 0.340. The molecular formula is C16H26N2O. The molecule has 0 bridgehead atoms. The van der Waals surface area contributed by atoms with Gasteiger partial charge in [0.1, 0.15) is 5.75 Å². The van der Waals surface area contributed by atoms with Gasteiger partial charge in [-0.1, -0.05) is 0 Å². The summed E-state index contributed by atoms with van der Waals surface area (Å²) >= 11 is 0. The summed E-state index contributed by atoms with van der Waals surface area (Å²) < 4.78 is 5.48. The predicted octanol–water partition coefficient (Wildman–Crippen LogP) is 2.91. The normalized spacial score (nSPS) is 18.8. The minimum absolute atomic E-state index is 0.733. The van der Waals surface area contributed by atoms with Gasteiger partial charge in [0.2, 0.25) is 0 Å². The topological polar surface area (TPSA) is 24.5 Å². The average Bonchev–Trinajstić information content (AvgIpc) is 2.89. The lowest BCUT2D eigenvalue weighted by Crippen LogP contribution is -2.19. The number of benzene rings is 1. The molecule has 3 nitrogen and oxygen atoms in total. The van der Waals surface area contributed by atoms with E-state index < -0.39 is 0 Å². The molecule has 1 aromatic rings. The highest BCUT2D eigenvalue weighted by molar-refractivity contribution is 5.49. The molecule has 0 saturated carbocycles. The molecule has 3 heteroatoms. The Balaban J connectivity index is 1.82. The third-order valence-electron chi connectivity index (χ3n) is 3.84. The van der Waals surface area contributed by atoms with Gasteiger partial charge in [0.25, 0.3) is 0 Å². The highest BCUT2D eigenvalue weighted by atomic mass is 16.5. The third-order valence-corrected chi connectivity index (χ3v) is 3.84. The van der Waals surface area contributed by atoms with E-state index in [1.54, 1.807) is 0 Å². The van der Waals surface area contributed by atoms with E-state index in [0.717, 1.165) is 24.8 Å². The van der Waals surface area contributed by atoms with Gasteiger partial charge < -0.3 is 15.0 Å². The summed E-state index contributed by atoms with van der Waals surface area (Å²) in [4.78, 5) is 2.50. The van der Waals surface area contributed by atoms with Crippen LogP contribution in [0.3, 0.4) is 0 Å². The van der Waals surface area contributed by atoms with Crippen molar-refractivity contribution in [3.8, 4) is 5.75 Å². The standard InChI is InChI=1S/C16H26N2O/c1-3-19-16-8-6-15(7-9-16)18-12-10-14(13-18)5-4-11-17-2/h6-9,14,17H,3-5,10-13H2,1-2H3. The number of anilines is 1. The summed E-state index contributed by atoms with van der Waals surface area (Å²) in [5.74, 6) is 1.83. The van der Waals surface area contributed by atoms with Crippen LogP contribution in [0.25, 0.3) is 0 Å². The van der Waals surface area contributed by atoms with Crippen molar-refractivity contribution >= 4 is 5.69 Å². The first-order valence-electron chi connectivity index (χ1n) is 7.46. The van der Waals surface area contributed by atoms with Gasteiger partial charge in [-0.05, 0) is 70.0 Å². The highest BCUT2D eigenvalue weighted by Gasteiger charge is 2.22. The van der Waals surface area contributed by atoms with Gasteiger partial charge in [-0.3, -0.25) is 0 Å². The Labute approximate surface area is 116 Å². The molecule has 1 heterocycles. The van der Waals surface area contributed by atoms with Crippen LogP contribution in [-0.2, 0) is 0 Å². The Morgan fingerprint density at radius 1 is 1.32 bits per heavy atom. The van der Waals surface area contributed by atoms with Crippen LogP contribution in [0.4, 0.5) is 5.69 Å². The van der Waals surface area contributed by atoms with Gasteiger partial charge in [0.15, 0.2) is 0 Å². The zero-order valence-electron chi connectivity index (χ0n) is 12.2. The Morgan fingerprint density at radius 2 is 2.11 bits per heavy atom. The number of rotatable bonds is 7. The van der Waals surface area contributed by atoms with Crippen LogP contribution in [0.15, 0.2) is 24.3 Å². The van der Waals surface area contributed by atoms with Crippen LogP contribution < -0.4 is 15.0 Å². The number of ether oxygens (including phenoxy) is 1. The van der Waals surface area contributed by atoms with Crippen LogP contribution in [0.2, 0.25) is 0 Å². The maximum atomic E-state index is 5.48. The molecule has 19 heavy (non-hydrogen) atoms. The molecule has 106 valence electrons. The van der Waals surface area contributed by atoms with E-state index in [1.807, 2.05) is 14.0 Å². The van der Waals surface area contributed by atoms with E-state index in [1.165, 1.54) is 38.0 Å². The van der Waals surface area contributed by atoms with Crippen molar-refractivity contribution in [3.63, 3.8) is 0 Å². The van der Waals surface area contributed by atoms with E-state index in [9.17, 15) is 0 Å². The fourth-order valence-corrected chi connectivity index (χ4v) is 2.79. The van der Waals surface area contributed by atoms with E-state index in [4.69, 9.17) is 4.74 Å². The van der Waals surface area contributed by atoms with E-state index in [2.05, 4.69) is 34.5 Å². The van der Waals surface area contributed by atoms with Crippen LogP contribution in [0.5, 0.6) is 5.75 Å². The summed E-state index contributed by atoms with van der Waals surface area (Å²) in [5.41, 5.74) is 1.33. The fourth-order valence-electron chi connectivity index (χ4n) is 2.79. The van der Waals surface area contributed by atoms with E-state index in [-0.39, 0.29) is 0 Å². The van der Waals surface area contributed by atoms with E-state index >= 15 is 0 Å². The molecule has 1 saturated heterocycles. The van der Waals surface area contributed by atoms with E-state index in [0.29, 0.717) is 0 Å². The monoisotopic (exact) mass is 262 g/mol. The maximum Gasteiger partial charge on any atom is 0.119 e. The predicted molar refractivity (Wildman–Crippen MR) is 81.1 cm³/mol. The van der Waals surface area contributed by atoms with Gasteiger partial charge >= 0.3 is 0 Å². The smallest absolute Gasteiger partial charge is 0.119 e. The molecule has 0 spiro atoms. The molecule has 1 aromatic carbocycles. The summed E-state index contributed by atoms with van der Waals surface area (Å²) in [7, 11) is 2.03. The second-order valence-corrected chi connectivity index (χ2v) is 5.27. The van der Waals surface area contributed by atoms with Gasteiger partial charge in [-0.2, -0.15) is 0 Å². The Morgan fingerprint density at radius 3 is 2.79 bits per heavy atom.